The van der Waals surface area contributed by atoms with Crippen LogP contribution < -0.4 is 11.1 Å². The van der Waals surface area contributed by atoms with Crippen molar-refractivity contribution in [3.8, 4) is 0 Å². The van der Waals surface area contributed by atoms with E-state index >= 15 is 0 Å². The van der Waals surface area contributed by atoms with Crippen molar-refractivity contribution in [2.75, 3.05) is 18.8 Å². The molecule has 3 N–H and O–H groups in total. The van der Waals surface area contributed by atoms with Gasteiger partial charge < -0.3 is 11.1 Å². The van der Waals surface area contributed by atoms with Crippen molar-refractivity contribution in [2.24, 2.45) is 5.73 Å². The predicted octanol–water partition coefficient (Wildman–Crippen LogP) is 3.28. The highest BCUT2D eigenvalue weighted by Gasteiger charge is 2.00. The van der Waals surface area contributed by atoms with E-state index in [9.17, 15) is 4.79 Å². The highest BCUT2D eigenvalue weighted by molar-refractivity contribution is 7.80. The maximum absolute atomic E-state index is 11.5. The van der Waals surface area contributed by atoms with Crippen molar-refractivity contribution < 1.29 is 4.79 Å². The van der Waals surface area contributed by atoms with Gasteiger partial charge in [-0.25, -0.2) is 0 Å². The summed E-state index contributed by atoms with van der Waals surface area (Å²) in [4.78, 5) is 11.5. The summed E-state index contributed by atoms with van der Waals surface area (Å²) < 4.78 is 0. The Hall–Kier alpha value is -0.220. The van der Waals surface area contributed by atoms with Gasteiger partial charge in [0.25, 0.3) is 0 Å². The Morgan fingerprint density at radius 3 is 2.00 bits per heavy atom. The molecule has 0 bridgehead atoms. The van der Waals surface area contributed by atoms with E-state index in [0.29, 0.717) is 13.0 Å². The van der Waals surface area contributed by atoms with Crippen LogP contribution in [0.3, 0.4) is 0 Å². The van der Waals surface area contributed by atoms with Gasteiger partial charge >= 0.3 is 0 Å². The minimum Gasteiger partial charge on any atom is -0.356 e. The summed E-state index contributed by atoms with van der Waals surface area (Å²) >= 11 is 4.20. The molecule has 0 atom stereocenters. The van der Waals surface area contributed by atoms with Gasteiger partial charge in [-0.2, -0.15) is 12.6 Å². The molecule has 0 fully saturated rings. The fourth-order valence-electron chi connectivity index (χ4n) is 2.04. The summed E-state index contributed by atoms with van der Waals surface area (Å²) in [5, 5.41) is 2.94. The monoisotopic (exact) mass is 288 g/mol. The van der Waals surface area contributed by atoms with E-state index in [1.165, 1.54) is 44.9 Å². The van der Waals surface area contributed by atoms with Crippen LogP contribution >= 0.6 is 12.6 Å². The zero-order valence-corrected chi connectivity index (χ0v) is 13.2. The van der Waals surface area contributed by atoms with Crippen LogP contribution in [-0.2, 0) is 4.79 Å². The lowest BCUT2D eigenvalue weighted by atomic mass is 10.1. The molecule has 0 radical (unpaired) electrons. The van der Waals surface area contributed by atoms with Crippen molar-refractivity contribution in [3.05, 3.63) is 0 Å². The standard InChI is InChI=1S/C15H32N2OS/c16-12-8-9-13-17-15(18)11-7-5-3-1-2-4-6-10-14-19/h19H,1-14,16H2,(H,17,18). The molecule has 0 aliphatic carbocycles. The second-order valence-corrected chi connectivity index (χ2v) is 5.59. The number of amides is 1. The van der Waals surface area contributed by atoms with Crippen molar-refractivity contribution >= 4 is 18.5 Å². The van der Waals surface area contributed by atoms with Crippen LogP contribution in [0.5, 0.6) is 0 Å². The molecular weight excluding hydrogens is 256 g/mol. The molecule has 0 rings (SSSR count). The molecule has 0 spiro atoms. The summed E-state index contributed by atoms with van der Waals surface area (Å²) in [6.07, 6.45) is 12.7. The number of rotatable bonds is 14. The molecule has 19 heavy (non-hydrogen) atoms. The molecule has 0 aromatic rings. The molecule has 114 valence electrons. The van der Waals surface area contributed by atoms with E-state index in [4.69, 9.17) is 5.73 Å². The average molecular weight is 289 g/mol. The van der Waals surface area contributed by atoms with Crippen LogP contribution in [0.15, 0.2) is 0 Å². The van der Waals surface area contributed by atoms with Crippen LogP contribution in [0.25, 0.3) is 0 Å². The van der Waals surface area contributed by atoms with Gasteiger partial charge in [-0.1, -0.05) is 38.5 Å². The third-order valence-electron chi connectivity index (χ3n) is 3.27. The molecule has 0 aliphatic rings. The molecule has 0 unspecified atom stereocenters. The quantitative estimate of drug-likeness (QED) is 0.339. The lowest BCUT2D eigenvalue weighted by molar-refractivity contribution is -0.121. The number of nitrogens with one attached hydrogen (secondary N) is 1. The molecule has 0 saturated heterocycles. The first-order valence-electron chi connectivity index (χ1n) is 7.89. The van der Waals surface area contributed by atoms with Gasteiger partial charge in [-0.15, -0.1) is 0 Å². The number of carbonyl (C=O) groups excluding carboxylic acids is 1. The van der Waals surface area contributed by atoms with E-state index < -0.39 is 0 Å². The number of hydrogen-bond donors (Lipinski definition) is 3. The summed E-state index contributed by atoms with van der Waals surface area (Å²) in [6, 6.07) is 0. The smallest absolute Gasteiger partial charge is 0.219 e. The van der Waals surface area contributed by atoms with Gasteiger partial charge in [-0.05, 0) is 38.0 Å². The number of unbranched alkanes of at least 4 members (excludes halogenated alkanes) is 8. The molecule has 3 nitrogen and oxygen atoms in total. The van der Waals surface area contributed by atoms with Crippen molar-refractivity contribution in [1.82, 2.24) is 5.32 Å². The topological polar surface area (TPSA) is 55.1 Å². The Kier molecular flexibility index (Phi) is 15.7. The minimum atomic E-state index is 0.200. The maximum Gasteiger partial charge on any atom is 0.219 e. The van der Waals surface area contributed by atoms with Crippen molar-refractivity contribution in [3.63, 3.8) is 0 Å². The van der Waals surface area contributed by atoms with Crippen molar-refractivity contribution in [2.45, 2.75) is 70.6 Å². The third-order valence-corrected chi connectivity index (χ3v) is 3.58. The molecule has 0 saturated carbocycles. The summed E-state index contributed by atoms with van der Waals surface area (Å²) in [5.74, 6) is 1.21. The molecule has 0 heterocycles. The van der Waals surface area contributed by atoms with Crippen LogP contribution in [0, 0.1) is 0 Å². The van der Waals surface area contributed by atoms with E-state index in [0.717, 1.165) is 31.6 Å². The molecule has 0 aliphatic heterocycles. The molecule has 4 heteroatoms. The highest BCUT2D eigenvalue weighted by atomic mass is 32.1. The van der Waals surface area contributed by atoms with Gasteiger partial charge in [0.05, 0.1) is 0 Å². The predicted molar refractivity (Wildman–Crippen MR) is 86.7 cm³/mol. The lowest BCUT2D eigenvalue weighted by Crippen LogP contribution is -2.24. The maximum atomic E-state index is 11.5. The number of nitrogens with two attached hydrogens (primary N) is 1. The van der Waals surface area contributed by atoms with E-state index in [2.05, 4.69) is 17.9 Å². The van der Waals surface area contributed by atoms with E-state index in [1.807, 2.05) is 0 Å². The fraction of sp³-hybridized carbons (Fsp3) is 0.933. The Morgan fingerprint density at radius 2 is 1.42 bits per heavy atom. The Bertz CT molecular complexity index is 201. The number of hydrogen-bond acceptors (Lipinski definition) is 3. The van der Waals surface area contributed by atoms with E-state index in [1.54, 1.807) is 0 Å². The highest BCUT2D eigenvalue weighted by Crippen LogP contribution is 2.09. The van der Waals surface area contributed by atoms with Gasteiger partial charge in [0, 0.05) is 13.0 Å². The first-order valence-corrected chi connectivity index (χ1v) is 8.52. The lowest BCUT2D eigenvalue weighted by Gasteiger charge is -2.04. The first-order chi connectivity index (χ1) is 9.31. The first kappa shape index (κ1) is 18.8. The van der Waals surface area contributed by atoms with Gasteiger partial charge in [0.2, 0.25) is 5.91 Å². The zero-order valence-electron chi connectivity index (χ0n) is 12.3. The summed E-state index contributed by atoms with van der Waals surface area (Å²) in [6.45, 7) is 1.49. The van der Waals surface area contributed by atoms with Crippen LogP contribution in [0.2, 0.25) is 0 Å². The second-order valence-electron chi connectivity index (χ2n) is 5.15. The molecule has 0 aromatic heterocycles. The van der Waals surface area contributed by atoms with Crippen LogP contribution in [0.1, 0.15) is 70.6 Å². The minimum absolute atomic E-state index is 0.200. The van der Waals surface area contributed by atoms with Crippen LogP contribution in [0.4, 0.5) is 0 Å². The summed E-state index contributed by atoms with van der Waals surface area (Å²) in [7, 11) is 0. The Morgan fingerprint density at radius 1 is 0.842 bits per heavy atom. The fourth-order valence-corrected chi connectivity index (χ4v) is 2.27. The molecule has 1 amide bonds. The van der Waals surface area contributed by atoms with Gasteiger partial charge in [0.15, 0.2) is 0 Å². The third kappa shape index (κ3) is 15.7. The Labute approximate surface area is 124 Å². The van der Waals surface area contributed by atoms with Crippen LogP contribution in [-0.4, -0.2) is 24.7 Å². The number of thiol groups is 1. The Balaban J connectivity index is 3.10. The molecular formula is C15H32N2OS. The second kappa shape index (κ2) is 15.8. The van der Waals surface area contributed by atoms with Gasteiger partial charge in [0.1, 0.15) is 0 Å². The largest absolute Gasteiger partial charge is 0.356 e. The van der Waals surface area contributed by atoms with Gasteiger partial charge in [-0.3, -0.25) is 4.79 Å². The molecule has 0 aromatic carbocycles. The van der Waals surface area contributed by atoms with Crippen molar-refractivity contribution in [1.29, 1.82) is 0 Å². The summed E-state index contributed by atoms with van der Waals surface area (Å²) in [5.41, 5.74) is 5.39. The van der Waals surface area contributed by atoms with E-state index in [-0.39, 0.29) is 5.91 Å². The number of carbonyl (C=O) groups is 1. The average Bonchev–Trinajstić information content (AvgIpc) is 2.42. The normalized spacial score (nSPS) is 10.6. The zero-order chi connectivity index (χ0) is 14.2. The SMILES string of the molecule is NCCCCNC(=O)CCCCCCCCCCS.